The minimum Gasteiger partial charge on any atom is -0.494 e. The molecule has 0 fully saturated rings. The monoisotopic (exact) mass is 367 g/mol. The van der Waals surface area contributed by atoms with Crippen molar-refractivity contribution in [3.63, 3.8) is 0 Å². The standard InChI is InChI=1S/C22H26FN3O/c1-4-11-26(12-5-2)20-10-9-16(13-15(20)3)24-14-17-21-18(23)7-6-8-19(21)25-22(17)27/h6-10,13-14,25,27H,4-5,11-12H2,1-3H3. The van der Waals surface area contributed by atoms with Crippen molar-refractivity contribution in [1.29, 1.82) is 0 Å². The highest BCUT2D eigenvalue weighted by atomic mass is 19.1. The molecule has 0 saturated carbocycles. The fourth-order valence-corrected chi connectivity index (χ4v) is 3.45. The first-order valence-electron chi connectivity index (χ1n) is 9.44. The highest BCUT2D eigenvalue weighted by Gasteiger charge is 2.13. The lowest BCUT2D eigenvalue weighted by atomic mass is 10.1. The number of aromatic hydroxyl groups is 1. The number of nitrogens with zero attached hydrogens (tertiary/aromatic N) is 2. The van der Waals surface area contributed by atoms with E-state index >= 15 is 0 Å². The molecule has 2 N–H and O–H groups in total. The average Bonchev–Trinajstić information content (AvgIpc) is 2.96. The third-order valence-electron chi connectivity index (χ3n) is 4.64. The lowest BCUT2D eigenvalue weighted by molar-refractivity contribution is 0.457. The maximum absolute atomic E-state index is 14.1. The largest absolute Gasteiger partial charge is 0.494 e. The molecule has 4 nitrogen and oxygen atoms in total. The average molecular weight is 367 g/mol. The van der Waals surface area contributed by atoms with E-state index in [-0.39, 0.29) is 11.7 Å². The Labute approximate surface area is 159 Å². The number of aromatic nitrogens is 1. The van der Waals surface area contributed by atoms with Gasteiger partial charge in [0.2, 0.25) is 0 Å². The first-order valence-corrected chi connectivity index (χ1v) is 9.44. The second-order valence-corrected chi connectivity index (χ2v) is 6.77. The van der Waals surface area contributed by atoms with Crippen LogP contribution in [0.4, 0.5) is 15.8 Å². The van der Waals surface area contributed by atoms with Gasteiger partial charge >= 0.3 is 0 Å². The lowest BCUT2D eigenvalue weighted by Gasteiger charge is -2.25. The second-order valence-electron chi connectivity index (χ2n) is 6.77. The number of H-pyrrole nitrogens is 1. The van der Waals surface area contributed by atoms with E-state index in [2.05, 4.69) is 41.7 Å². The van der Waals surface area contributed by atoms with Crippen LogP contribution in [0.15, 0.2) is 41.4 Å². The molecular formula is C22H26FN3O. The van der Waals surface area contributed by atoms with Crippen LogP contribution in [-0.4, -0.2) is 29.4 Å². The smallest absolute Gasteiger partial charge is 0.198 e. The van der Waals surface area contributed by atoms with Gasteiger partial charge in [-0.25, -0.2) is 4.39 Å². The summed E-state index contributed by atoms with van der Waals surface area (Å²) in [6, 6.07) is 10.8. The van der Waals surface area contributed by atoms with Crippen LogP contribution in [0.3, 0.4) is 0 Å². The number of hydrogen-bond donors (Lipinski definition) is 2. The molecule has 0 aliphatic heterocycles. The fourth-order valence-electron chi connectivity index (χ4n) is 3.45. The van der Waals surface area contributed by atoms with Crippen molar-refractivity contribution in [2.24, 2.45) is 4.99 Å². The Morgan fingerprint density at radius 2 is 1.89 bits per heavy atom. The highest BCUT2D eigenvalue weighted by Crippen LogP contribution is 2.29. The summed E-state index contributed by atoms with van der Waals surface area (Å²) >= 11 is 0. The van der Waals surface area contributed by atoms with Gasteiger partial charge in [-0.3, -0.25) is 4.99 Å². The van der Waals surface area contributed by atoms with E-state index in [4.69, 9.17) is 0 Å². The van der Waals surface area contributed by atoms with Crippen molar-refractivity contribution in [1.82, 2.24) is 4.98 Å². The van der Waals surface area contributed by atoms with Crippen LogP contribution in [0.25, 0.3) is 10.9 Å². The van der Waals surface area contributed by atoms with Gasteiger partial charge in [-0.15, -0.1) is 0 Å². The molecule has 0 aliphatic rings. The molecule has 0 bridgehead atoms. The number of aromatic amines is 1. The molecule has 5 heteroatoms. The van der Waals surface area contributed by atoms with Crippen molar-refractivity contribution in [3.05, 3.63) is 53.3 Å². The number of halogens is 1. The third-order valence-corrected chi connectivity index (χ3v) is 4.64. The zero-order chi connectivity index (χ0) is 19.4. The van der Waals surface area contributed by atoms with Crippen LogP contribution in [0, 0.1) is 12.7 Å². The van der Waals surface area contributed by atoms with Crippen LogP contribution < -0.4 is 4.90 Å². The summed E-state index contributed by atoms with van der Waals surface area (Å²) in [5, 5.41) is 10.5. The maximum atomic E-state index is 14.1. The van der Waals surface area contributed by atoms with Crippen LogP contribution in [0.2, 0.25) is 0 Å². The molecule has 142 valence electrons. The topological polar surface area (TPSA) is 51.6 Å². The lowest BCUT2D eigenvalue weighted by Crippen LogP contribution is -2.25. The molecule has 0 radical (unpaired) electrons. The first kappa shape index (κ1) is 19.0. The number of anilines is 1. The Kier molecular flexibility index (Phi) is 5.79. The predicted octanol–water partition coefficient (Wildman–Crippen LogP) is 5.70. The van der Waals surface area contributed by atoms with E-state index in [1.54, 1.807) is 12.1 Å². The third kappa shape index (κ3) is 3.97. The molecule has 0 saturated heterocycles. The van der Waals surface area contributed by atoms with Gasteiger partial charge in [0.15, 0.2) is 5.88 Å². The van der Waals surface area contributed by atoms with E-state index in [0.29, 0.717) is 16.5 Å². The maximum Gasteiger partial charge on any atom is 0.198 e. The number of fused-ring (bicyclic) bond motifs is 1. The quantitative estimate of drug-likeness (QED) is 0.526. The number of aryl methyl sites for hydroxylation is 1. The van der Waals surface area contributed by atoms with Crippen molar-refractivity contribution in [2.75, 3.05) is 18.0 Å². The van der Waals surface area contributed by atoms with E-state index < -0.39 is 0 Å². The summed E-state index contributed by atoms with van der Waals surface area (Å²) in [6.45, 7) is 8.50. The molecule has 0 amide bonds. The van der Waals surface area contributed by atoms with Gasteiger partial charge in [0.1, 0.15) is 5.82 Å². The number of hydrogen-bond acceptors (Lipinski definition) is 3. The molecule has 2 aromatic carbocycles. The van der Waals surface area contributed by atoms with Crippen LogP contribution in [-0.2, 0) is 0 Å². The zero-order valence-corrected chi connectivity index (χ0v) is 16.1. The molecule has 0 unspecified atom stereocenters. The Balaban J connectivity index is 1.91. The van der Waals surface area contributed by atoms with Crippen LogP contribution in [0.1, 0.15) is 37.8 Å². The minimum absolute atomic E-state index is 0.0794. The number of rotatable bonds is 7. The van der Waals surface area contributed by atoms with E-state index in [1.165, 1.54) is 18.0 Å². The van der Waals surface area contributed by atoms with E-state index in [0.717, 1.165) is 37.2 Å². The summed E-state index contributed by atoms with van der Waals surface area (Å²) in [4.78, 5) is 9.64. The molecule has 3 rings (SSSR count). The summed E-state index contributed by atoms with van der Waals surface area (Å²) in [5.74, 6) is -0.462. The fraction of sp³-hybridized carbons (Fsp3) is 0.318. The van der Waals surface area contributed by atoms with Gasteiger partial charge < -0.3 is 15.0 Å². The SMILES string of the molecule is CCCN(CCC)c1ccc(N=Cc2c(O)[nH]c3cccc(F)c23)cc1C. The molecule has 1 aromatic heterocycles. The summed E-state index contributed by atoms with van der Waals surface area (Å²) in [5.41, 5.74) is 4.06. The van der Waals surface area contributed by atoms with Gasteiger partial charge in [0, 0.05) is 30.4 Å². The van der Waals surface area contributed by atoms with Gasteiger partial charge in [-0.1, -0.05) is 19.9 Å². The summed E-state index contributed by atoms with van der Waals surface area (Å²) in [6.07, 6.45) is 3.72. The minimum atomic E-state index is -0.383. The van der Waals surface area contributed by atoms with Crippen molar-refractivity contribution in [3.8, 4) is 5.88 Å². The number of aliphatic imine (C=N–C) groups is 1. The Hall–Kier alpha value is -2.82. The molecule has 0 spiro atoms. The van der Waals surface area contributed by atoms with Gasteiger partial charge in [-0.05, 0) is 55.7 Å². The highest BCUT2D eigenvalue weighted by molar-refractivity contribution is 6.02. The Bertz CT molecular complexity index is 956. The number of benzene rings is 2. The van der Waals surface area contributed by atoms with Crippen LogP contribution in [0.5, 0.6) is 5.88 Å². The molecule has 0 aliphatic carbocycles. The van der Waals surface area contributed by atoms with Crippen LogP contribution >= 0.6 is 0 Å². The zero-order valence-electron chi connectivity index (χ0n) is 16.1. The molecule has 27 heavy (non-hydrogen) atoms. The van der Waals surface area contributed by atoms with E-state index in [9.17, 15) is 9.50 Å². The van der Waals surface area contributed by atoms with Gasteiger partial charge in [0.05, 0.1) is 16.8 Å². The molecule has 3 aromatic rings. The second kappa shape index (κ2) is 8.25. The van der Waals surface area contributed by atoms with Crippen molar-refractivity contribution >= 4 is 28.5 Å². The van der Waals surface area contributed by atoms with Crippen molar-refractivity contribution < 1.29 is 9.50 Å². The van der Waals surface area contributed by atoms with Gasteiger partial charge in [0.25, 0.3) is 0 Å². The molecular weight excluding hydrogens is 341 g/mol. The Morgan fingerprint density at radius 1 is 1.15 bits per heavy atom. The summed E-state index contributed by atoms with van der Waals surface area (Å²) < 4.78 is 14.1. The number of nitrogens with one attached hydrogen (secondary N) is 1. The predicted molar refractivity (Wildman–Crippen MR) is 111 cm³/mol. The van der Waals surface area contributed by atoms with E-state index in [1.807, 2.05) is 12.1 Å². The summed E-state index contributed by atoms with van der Waals surface area (Å²) in [7, 11) is 0. The Morgan fingerprint density at radius 3 is 2.56 bits per heavy atom. The first-order chi connectivity index (χ1) is 13.0. The molecule has 1 heterocycles. The van der Waals surface area contributed by atoms with Crippen molar-refractivity contribution in [2.45, 2.75) is 33.6 Å². The molecule has 0 atom stereocenters. The normalized spacial score (nSPS) is 11.6. The van der Waals surface area contributed by atoms with Gasteiger partial charge in [-0.2, -0.15) is 0 Å².